The maximum Gasteiger partial charge on any atom is 0.307 e. The molecular formula is C11H21NO2. The molecule has 0 aromatic rings. The number of nitrogens with two attached hydrogens (primary N) is 1. The Bertz CT molecular complexity index is 192. The van der Waals surface area contributed by atoms with E-state index in [1.165, 1.54) is 12.8 Å². The molecule has 3 atom stereocenters. The first-order valence-corrected chi connectivity index (χ1v) is 5.53. The van der Waals surface area contributed by atoms with Gasteiger partial charge in [-0.25, -0.2) is 0 Å². The van der Waals surface area contributed by atoms with Gasteiger partial charge in [0.1, 0.15) is 6.10 Å². The van der Waals surface area contributed by atoms with Crippen molar-refractivity contribution in [1.82, 2.24) is 0 Å². The predicted octanol–water partition coefficient (Wildman–Crippen LogP) is 1.85. The molecule has 0 aromatic carbocycles. The summed E-state index contributed by atoms with van der Waals surface area (Å²) in [5.41, 5.74) is 5.52. The van der Waals surface area contributed by atoms with E-state index in [0.29, 0.717) is 12.3 Å². The molecule has 14 heavy (non-hydrogen) atoms. The van der Waals surface area contributed by atoms with Crippen molar-refractivity contribution in [1.29, 1.82) is 0 Å². The van der Waals surface area contributed by atoms with Crippen LogP contribution >= 0.6 is 0 Å². The molecule has 0 radical (unpaired) electrons. The first-order valence-electron chi connectivity index (χ1n) is 5.53. The van der Waals surface area contributed by atoms with Crippen LogP contribution in [0.2, 0.25) is 0 Å². The molecule has 2 N–H and O–H groups in total. The molecule has 0 spiro atoms. The van der Waals surface area contributed by atoms with Gasteiger partial charge in [-0.3, -0.25) is 4.79 Å². The Hall–Kier alpha value is -0.570. The molecule has 82 valence electrons. The van der Waals surface area contributed by atoms with Gasteiger partial charge in [-0.05, 0) is 32.1 Å². The van der Waals surface area contributed by atoms with Crippen molar-refractivity contribution in [2.75, 3.05) is 0 Å². The molecule has 0 amide bonds. The van der Waals surface area contributed by atoms with Crippen LogP contribution in [0, 0.1) is 5.92 Å². The summed E-state index contributed by atoms with van der Waals surface area (Å²) in [5.74, 6) is 0.552. The van der Waals surface area contributed by atoms with Crippen molar-refractivity contribution >= 4 is 5.97 Å². The van der Waals surface area contributed by atoms with Crippen LogP contribution < -0.4 is 5.73 Å². The average Bonchev–Trinajstić information content (AvgIpc) is 2.01. The quantitative estimate of drug-likeness (QED) is 0.706. The molecule has 0 aliphatic heterocycles. The van der Waals surface area contributed by atoms with E-state index < -0.39 is 0 Å². The molecule has 1 aliphatic carbocycles. The number of esters is 1. The van der Waals surface area contributed by atoms with Crippen molar-refractivity contribution in [3.63, 3.8) is 0 Å². The van der Waals surface area contributed by atoms with Crippen LogP contribution in [0.5, 0.6) is 0 Å². The van der Waals surface area contributed by atoms with Gasteiger partial charge < -0.3 is 10.5 Å². The Morgan fingerprint density at radius 3 is 2.86 bits per heavy atom. The second-order valence-electron chi connectivity index (χ2n) is 4.57. The third-order valence-corrected chi connectivity index (χ3v) is 2.68. The van der Waals surface area contributed by atoms with E-state index in [1.807, 2.05) is 6.92 Å². The average molecular weight is 199 g/mol. The van der Waals surface area contributed by atoms with Crippen LogP contribution in [0.15, 0.2) is 0 Å². The van der Waals surface area contributed by atoms with Gasteiger partial charge in [0.2, 0.25) is 0 Å². The normalized spacial score (nSPS) is 29.6. The maximum atomic E-state index is 11.3. The summed E-state index contributed by atoms with van der Waals surface area (Å²) in [5, 5.41) is 0. The number of carbonyl (C=O) groups is 1. The van der Waals surface area contributed by atoms with E-state index in [-0.39, 0.29) is 18.1 Å². The van der Waals surface area contributed by atoms with Crippen LogP contribution in [0.25, 0.3) is 0 Å². The lowest BCUT2D eigenvalue weighted by atomic mass is 9.89. The summed E-state index contributed by atoms with van der Waals surface area (Å²) in [6.45, 7) is 4.04. The summed E-state index contributed by atoms with van der Waals surface area (Å²) in [7, 11) is 0. The number of ether oxygens (including phenoxy) is 1. The molecule has 1 aliphatic rings. The van der Waals surface area contributed by atoms with Crippen LogP contribution in [0.1, 0.15) is 46.0 Å². The fourth-order valence-corrected chi connectivity index (χ4v) is 1.98. The summed E-state index contributed by atoms with van der Waals surface area (Å²) >= 11 is 0. The largest absolute Gasteiger partial charge is 0.462 e. The van der Waals surface area contributed by atoms with Crippen LogP contribution in [0.4, 0.5) is 0 Å². The van der Waals surface area contributed by atoms with E-state index in [0.717, 1.165) is 12.8 Å². The third-order valence-electron chi connectivity index (χ3n) is 2.68. The molecule has 1 fully saturated rings. The number of carbonyl (C=O) groups excluding carboxylic acids is 1. The minimum Gasteiger partial charge on any atom is -0.462 e. The minimum absolute atomic E-state index is 0.0940. The Labute approximate surface area is 86.0 Å². The fourth-order valence-electron chi connectivity index (χ4n) is 1.98. The van der Waals surface area contributed by atoms with Crippen molar-refractivity contribution < 1.29 is 9.53 Å². The summed E-state index contributed by atoms with van der Waals surface area (Å²) < 4.78 is 5.35. The highest BCUT2D eigenvalue weighted by molar-refractivity contribution is 5.70. The van der Waals surface area contributed by atoms with E-state index in [2.05, 4.69) is 6.92 Å². The Balaban J connectivity index is 2.25. The molecule has 0 bridgehead atoms. The molecule has 1 saturated carbocycles. The monoisotopic (exact) mass is 199 g/mol. The zero-order valence-corrected chi connectivity index (χ0v) is 9.16. The van der Waals surface area contributed by atoms with Gasteiger partial charge >= 0.3 is 5.97 Å². The Morgan fingerprint density at radius 2 is 2.29 bits per heavy atom. The number of rotatable bonds is 3. The highest BCUT2D eigenvalue weighted by Gasteiger charge is 2.22. The molecule has 0 aromatic heterocycles. The lowest BCUT2D eigenvalue weighted by Gasteiger charge is -2.26. The van der Waals surface area contributed by atoms with Gasteiger partial charge in [0.25, 0.3) is 0 Å². The van der Waals surface area contributed by atoms with Gasteiger partial charge in [0, 0.05) is 6.04 Å². The standard InChI is InChI=1S/C11H21NO2/c1-8-4-3-5-10(6-8)14-11(13)7-9(2)12/h8-10H,3-7,12H2,1-2H3. The lowest BCUT2D eigenvalue weighted by Crippen LogP contribution is -2.28. The van der Waals surface area contributed by atoms with E-state index in [1.54, 1.807) is 0 Å². The molecule has 3 heteroatoms. The first kappa shape index (κ1) is 11.5. The summed E-state index contributed by atoms with van der Waals surface area (Å²) in [6, 6.07) is -0.0940. The summed E-state index contributed by atoms with van der Waals surface area (Å²) in [4.78, 5) is 11.3. The smallest absolute Gasteiger partial charge is 0.307 e. The molecular weight excluding hydrogens is 178 g/mol. The molecule has 3 unspecified atom stereocenters. The zero-order valence-electron chi connectivity index (χ0n) is 9.16. The van der Waals surface area contributed by atoms with Gasteiger partial charge in [-0.2, -0.15) is 0 Å². The van der Waals surface area contributed by atoms with Gasteiger partial charge in [-0.15, -0.1) is 0 Å². The topological polar surface area (TPSA) is 52.3 Å². The van der Waals surface area contributed by atoms with Crippen molar-refractivity contribution in [2.45, 2.75) is 58.1 Å². The first-order chi connectivity index (χ1) is 6.58. The van der Waals surface area contributed by atoms with Crippen LogP contribution in [0.3, 0.4) is 0 Å². The van der Waals surface area contributed by atoms with Crippen LogP contribution in [-0.2, 0) is 9.53 Å². The predicted molar refractivity (Wildman–Crippen MR) is 55.8 cm³/mol. The Morgan fingerprint density at radius 1 is 1.57 bits per heavy atom. The number of hydrogen-bond acceptors (Lipinski definition) is 3. The molecule has 0 heterocycles. The van der Waals surface area contributed by atoms with E-state index in [4.69, 9.17) is 10.5 Å². The van der Waals surface area contributed by atoms with E-state index in [9.17, 15) is 4.79 Å². The lowest BCUT2D eigenvalue weighted by molar-refractivity contribution is -0.151. The van der Waals surface area contributed by atoms with E-state index >= 15 is 0 Å². The molecule has 1 rings (SSSR count). The van der Waals surface area contributed by atoms with Crippen LogP contribution in [-0.4, -0.2) is 18.1 Å². The van der Waals surface area contributed by atoms with Gasteiger partial charge in [0.05, 0.1) is 6.42 Å². The second kappa shape index (κ2) is 5.35. The second-order valence-corrected chi connectivity index (χ2v) is 4.57. The molecule has 0 saturated heterocycles. The fraction of sp³-hybridized carbons (Fsp3) is 0.909. The minimum atomic E-state index is -0.140. The highest BCUT2D eigenvalue weighted by atomic mass is 16.5. The maximum absolute atomic E-state index is 11.3. The highest BCUT2D eigenvalue weighted by Crippen LogP contribution is 2.25. The SMILES string of the molecule is CC(N)CC(=O)OC1CCCC(C)C1. The van der Waals surface area contributed by atoms with Crippen molar-refractivity contribution in [3.05, 3.63) is 0 Å². The number of hydrogen-bond donors (Lipinski definition) is 1. The van der Waals surface area contributed by atoms with Gasteiger partial charge in [0.15, 0.2) is 0 Å². The zero-order chi connectivity index (χ0) is 10.6. The summed E-state index contributed by atoms with van der Waals surface area (Å²) in [6.07, 6.45) is 4.97. The third kappa shape index (κ3) is 4.09. The molecule has 3 nitrogen and oxygen atoms in total. The Kier molecular flexibility index (Phi) is 4.39. The van der Waals surface area contributed by atoms with Gasteiger partial charge in [-0.1, -0.05) is 13.3 Å². The van der Waals surface area contributed by atoms with Crippen molar-refractivity contribution in [3.8, 4) is 0 Å². The van der Waals surface area contributed by atoms with Crippen molar-refractivity contribution in [2.24, 2.45) is 11.7 Å².